The van der Waals surface area contributed by atoms with Crippen LogP contribution in [0.1, 0.15) is 0 Å². The lowest BCUT2D eigenvalue weighted by molar-refractivity contribution is 1.27. The molecule has 0 spiro atoms. The summed E-state index contributed by atoms with van der Waals surface area (Å²) >= 11 is 0. The van der Waals surface area contributed by atoms with Gasteiger partial charge in [0, 0.05) is 6.21 Å². The molecule has 0 atom stereocenters. The zero-order chi connectivity index (χ0) is 5.70. The van der Waals surface area contributed by atoms with Gasteiger partial charge in [-0.3, -0.25) is 0 Å². The van der Waals surface area contributed by atoms with E-state index >= 15 is 0 Å². The van der Waals surface area contributed by atoms with Gasteiger partial charge >= 0.3 is 0 Å². The Morgan fingerprint density at radius 3 is 2.57 bits per heavy atom. The Bertz CT molecular complexity index is 104. The Labute approximate surface area is 42.1 Å². The van der Waals surface area contributed by atoms with Crippen LogP contribution in [0, 0.1) is 5.41 Å². The minimum Gasteiger partial charge on any atom is -0.384 e. The van der Waals surface area contributed by atoms with Gasteiger partial charge in [0.25, 0.3) is 0 Å². The number of nitrogens with one attached hydrogen (secondary N) is 1. The van der Waals surface area contributed by atoms with E-state index in [-0.39, 0.29) is 5.82 Å². The largest absolute Gasteiger partial charge is 0.384 e. The smallest absolute Gasteiger partial charge is 0.124 e. The summed E-state index contributed by atoms with van der Waals surface area (Å²) in [5.41, 5.74) is 5.06. The second kappa shape index (κ2) is 3.08. The molecular formula is C4H7N3. The van der Waals surface area contributed by atoms with Crippen LogP contribution in [0.4, 0.5) is 0 Å². The van der Waals surface area contributed by atoms with Crippen molar-refractivity contribution >= 4 is 12.9 Å². The van der Waals surface area contributed by atoms with Crippen molar-refractivity contribution in [3.05, 3.63) is 11.9 Å². The summed E-state index contributed by atoms with van der Waals surface area (Å²) in [5, 5.41) is 6.47. The van der Waals surface area contributed by atoms with E-state index < -0.39 is 0 Å². The molecule has 0 aliphatic heterocycles. The van der Waals surface area contributed by atoms with E-state index in [0.29, 0.717) is 0 Å². The Morgan fingerprint density at radius 2 is 2.43 bits per heavy atom. The van der Waals surface area contributed by atoms with E-state index in [0.717, 1.165) is 6.21 Å². The van der Waals surface area contributed by atoms with Crippen molar-refractivity contribution in [3.8, 4) is 0 Å². The van der Waals surface area contributed by atoms with Gasteiger partial charge in [0.05, 0.1) is 0 Å². The molecule has 0 fully saturated rings. The van der Waals surface area contributed by atoms with Crippen molar-refractivity contribution in [1.29, 1.82) is 5.41 Å². The molecule has 38 valence electrons. The van der Waals surface area contributed by atoms with Gasteiger partial charge in [0.2, 0.25) is 0 Å². The Hall–Kier alpha value is -1.12. The SMILES string of the molecule is C=N/C(N)=C/C=N. The van der Waals surface area contributed by atoms with Crippen molar-refractivity contribution in [2.45, 2.75) is 0 Å². The molecule has 3 N–H and O–H groups in total. The van der Waals surface area contributed by atoms with Crippen molar-refractivity contribution in [2.24, 2.45) is 10.7 Å². The number of nitrogens with two attached hydrogens (primary N) is 1. The average molecular weight is 97.1 g/mol. The van der Waals surface area contributed by atoms with Gasteiger partial charge in [-0.15, -0.1) is 0 Å². The fourth-order valence-electron chi connectivity index (χ4n) is 0.138. The fourth-order valence-corrected chi connectivity index (χ4v) is 0.138. The summed E-state index contributed by atoms with van der Waals surface area (Å²) in [4.78, 5) is 3.32. The normalized spacial score (nSPS) is 10.6. The maximum atomic E-state index is 6.47. The van der Waals surface area contributed by atoms with Gasteiger partial charge in [-0.05, 0) is 12.8 Å². The zero-order valence-electron chi connectivity index (χ0n) is 3.89. The summed E-state index contributed by atoms with van der Waals surface area (Å²) in [6.45, 7) is 3.13. The van der Waals surface area contributed by atoms with Crippen molar-refractivity contribution < 1.29 is 0 Å². The number of nitrogens with zero attached hydrogens (tertiary/aromatic N) is 1. The molecule has 0 aliphatic carbocycles. The number of hydrogen-bond donors (Lipinski definition) is 2. The Morgan fingerprint density at radius 1 is 1.86 bits per heavy atom. The summed E-state index contributed by atoms with van der Waals surface area (Å²) in [5.74, 6) is 0.273. The van der Waals surface area contributed by atoms with Crippen LogP contribution < -0.4 is 5.73 Å². The molecule has 0 heterocycles. The van der Waals surface area contributed by atoms with E-state index in [9.17, 15) is 0 Å². The first-order valence-corrected chi connectivity index (χ1v) is 1.74. The summed E-state index contributed by atoms with van der Waals surface area (Å²) in [7, 11) is 0. The maximum Gasteiger partial charge on any atom is 0.124 e. The van der Waals surface area contributed by atoms with Crippen LogP contribution in [-0.4, -0.2) is 12.9 Å². The highest BCUT2D eigenvalue weighted by molar-refractivity contribution is 5.68. The monoisotopic (exact) mass is 97.1 g/mol. The molecule has 0 saturated heterocycles. The molecule has 3 heteroatoms. The van der Waals surface area contributed by atoms with Crippen LogP contribution in [0.2, 0.25) is 0 Å². The number of aliphatic imine (C=N–C) groups is 1. The van der Waals surface area contributed by atoms with Gasteiger partial charge in [-0.1, -0.05) is 0 Å². The van der Waals surface area contributed by atoms with Crippen LogP contribution in [0.25, 0.3) is 0 Å². The number of rotatable bonds is 2. The summed E-state index contributed by atoms with van der Waals surface area (Å²) in [6, 6.07) is 0. The second-order valence-corrected chi connectivity index (χ2v) is 0.916. The molecule has 0 aliphatic rings. The van der Waals surface area contributed by atoms with Gasteiger partial charge in [0.1, 0.15) is 5.82 Å². The quantitative estimate of drug-likeness (QED) is 0.473. The zero-order valence-corrected chi connectivity index (χ0v) is 3.89. The standard InChI is InChI=1S/C4H7N3/c1-7-4(6)2-3-5/h2-3,5H,1,6H2/b4-2+,5-3?. The summed E-state index contributed by atoms with van der Waals surface area (Å²) in [6.07, 6.45) is 2.41. The van der Waals surface area contributed by atoms with Crippen molar-refractivity contribution in [3.63, 3.8) is 0 Å². The van der Waals surface area contributed by atoms with E-state index in [1.807, 2.05) is 0 Å². The van der Waals surface area contributed by atoms with E-state index in [2.05, 4.69) is 11.7 Å². The molecule has 0 radical (unpaired) electrons. The average Bonchev–Trinajstić information content (AvgIpc) is 1.68. The van der Waals surface area contributed by atoms with Crippen LogP contribution >= 0.6 is 0 Å². The molecule has 0 amide bonds. The van der Waals surface area contributed by atoms with Crippen LogP contribution in [0.15, 0.2) is 16.9 Å². The van der Waals surface area contributed by atoms with E-state index in [4.69, 9.17) is 11.1 Å². The highest BCUT2D eigenvalue weighted by Gasteiger charge is 1.71. The highest BCUT2D eigenvalue weighted by atomic mass is 14.9. The number of hydrogen-bond acceptors (Lipinski definition) is 3. The molecule has 0 bridgehead atoms. The molecule has 0 rings (SSSR count). The van der Waals surface area contributed by atoms with E-state index in [1.165, 1.54) is 6.08 Å². The molecule has 3 nitrogen and oxygen atoms in total. The lowest BCUT2D eigenvalue weighted by Crippen LogP contribution is -1.91. The first-order chi connectivity index (χ1) is 3.31. The lowest BCUT2D eigenvalue weighted by Gasteiger charge is -1.80. The minimum atomic E-state index is 0.273. The third-order valence-corrected chi connectivity index (χ3v) is 0.437. The third kappa shape index (κ3) is 2.69. The van der Waals surface area contributed by atoms with Crippen LogP contribution in [0.5, 0.6) is 0 Å². The Kier molecular flexibility index (Phi) is 2.59. The van der Waals surface area contributed by atoms with Gasteiger partial charge in [0.15, 0.2) is 0 Å². The van der Waals surface area contributed by atoms with Crippen LogP contribution in [-0.2, 0) is 0 Å². The highest BCUT2D eigenvalue weighted by Crippen LogP contribution is 1.76. The fraction of sp³-hybridized carbons (Fsp3) is 0. The number of allylic oxidation sites excluding steroid dienone is 1. The Balaban J connectivity index is 3.72. The van der Waals surface area contributed by atoms with Gasteiger partial charge in [-0.2, -0.15) is 0 Å². The van der Waals surface area contributed by atoms with Crippen molar-refractivity contribution in [1.82, 2.24) is 0 Å². The third-order valence-electron chi connectivity index (χ3n) is 0.437. The molecule has 0 aromatic heterocycles. The minimum absolute atomic E-state index is 0.273. The lowest BCUT2D eigenvalue weighted by atomic mass is 10.6. The summed E-state index contributed by atoms with van der Waals surface area (Å²) < 4.78 is 0. The maximum absolute atomic E-state index is 6.47. The van der Waals surface area contributed by atoms with E-state index in [1.54, 1.807) is 0 Å². The van der Waals surface area contributed by atoms with Gasteiger partial charge < -0.3 is 11.1 Å². The second-order valence-electron chi connectivity index (χ2n) is 0.916. The van der Waals surface area contributed by atoms with Crippen molar-refractivity contribution in [2.75, 3.05) is 0 Å². The first-order valence-electron chi connectivity index (χ1n) is 1.74. The molecule has 0 saturated carbocycles. The first kappa shape index (κ1) is 5.88. The predicted molar refractivity (Wildman–Crippen MR) is 30.6 cm³/mol. The molecule has 0 aromatic rings. The molecule has 0 unspecified atom stereocenters. The van der Waals surface area contributed by atoms with Gasteiger partial charge in [-0.25, -0.2) is 4.99 Å². The topological polar surface area (TPSA) is 62.2 Å². The predicted octanol–water partition coefficient (Wildman–Crippen LogP) is 0.137. The molecular weight excluding hydrogens is 90.1 g/mol. The van der Waals surface area contributed by atoms with Crippen LogP contribution in [0.3, 0.4) is 0 Å². The molecule has 7 heavy (non-hydrogen) atoms. The molecule has 0 aromatic carbocycles.